The van der Waals surface area contributed by atoms with Crippen molar-refractivity contribution in [2.45, 2.75) is 25.4 Å². The minimum atomic E-state index is -0.418. The van der Waals surface area contributed by atoms with Gasteiger partial charge in [-0.05, 0) is 41.8 Å². The Bertz CT molecular complexity index is 881. The molecule has 1 saturated heterocycles. The van der Waals surface area contributed by atoms with Crippen molar-refractivity contribution in [3.63, 3.8) is 0 Å². The van der Waals surface area contributed by atoms with Crippen molar-refractivity contribution < 1.29 is 19.1 Å². The number of benzene rings is 2. The molecule has 1 unspecified atom stereocenters. The number of para-hydroxylation sites is 1. The van der Waals surface area contributed by atoms with E-state index in [0.717, 1.165) is 18.5 Å². The van der Waals surface area contributed by atoms with E-state index in [-0.39, 0.29) is 18.2 Å². The first-order valence-electron chi connectivity index (χ1n) is 9.02. The molecule has 2 aromatic carbocycles. The molecule has 6 nitrogen and oxygen atoms in total. The van der Waals surface area contributed by atoms with Crippen molar-refractivity contribution >= 4 is 17.5 Å². The zero-order chi connectivity index (χ0) is 19.0. The molecule has 2 heterocycles. The Morgan fingerprint density at radius 2 is 1.63 bits per heavy atom. The van der Waals surface area contributed by atoms with Crippen LogP contribution in [-0.4, -0.2) is 43.5 Å². The van der Waals surface area contributed by atoms with E-state index >= 15 is 0 Å². The maximum Gasteiger partial charge on any atom is 0.251 e. The molecule has 2 amide bonds. The maximum absolute atomic E-state index is 13.0. The summed E-state index contributed by atoms with van der Waals surface area (Å²) in [6, 6.07) is 12.7. The van der Waals surface area contributed by atoms with E-state index in [4.69, 9.17) is 9.47 Å². The van der Waals surface area contributed by atoms with Gasteiger partial charge in [0, 0.05) is 13.1 Å². The number of amides is 2. The number of imide groups is 1. The third-order valence-corrected chi connectivity index (χ3v) is 5.33. The Labute approximate surface area is 158 Å². The van der Waals surface area contributed by atoms with Crippen molar-refractivity contribution in [2.24, 2.45) is 0 Å². The molecule has 0 aliphatic carbocycles. The fourth-order valence-electron chi connectivity index (χ4n) is 3.92. The van der Waals surface area contributed by atoms with Crippen LogP contribution in [0, 0.1) is 0 Å². The van der Waals surface area contributed by atoms with Gasteiger partial charge in [-0.3, -0.25) is 14.5 Å². The average Bonchev–Trinajstić information content (AvgIpc) is 3.01. The highest BCUT2D eigenvalue weighted by atomic mass is 16.5. The summed E-state index contributed by atoms with van der Waals surface area (Å²) in [5.74, 6) is 1.11. The van der Waals surface area contributed by atoms with E-state index in [1.165, 1.54) is 10.5 Å². The monoisotopic (exact) mass is 366 g/mol. The van der Waals surface area contributed by atoms with Crippen LogP contribution in [0.4, 0.5) is 5.69 Å². The highest BCUT2D eigenvalue weighted by Crippen LogP contribution is 2.35. The van der Waals surface area contributed by atoms with Crippen LogP contribution in [0.25, 0.3) is 0 Å². The maximum atomic E-state index is 13.0. The van der Waals surface area contributed by atoms with Crippen LogP contribution < -0.4 is 14.4 Å². The normalized spacial score (nSPS) is 19.9. The van der Waals surface area contributed by atoms with E-state index in [0.29, 0.717) is 23.7 Å². The van der Waals surface area contributed by atoms with E-state index in [1.54, 1.807) is 26.4 Å². The molecule has 0 saturated carbocycles. The predicted octanol–water partition coefficient (Wildman–Crippen LogP) is 2.39. The molecule has 0 N–H and O–H groups in total. The number of anilines is 1. The number of hydrogen-bond acceptors (Lipinski definition) is 5. The Kier molecular flexibility index (Phi) is 4.58. The van der Waals surface area contributed by atoms with Crippen molar-refractivity contribution in [1.82, 2.24) is 4.90 Å². The highest BCUT2D eigenvalue weighted by molar-refractivity contribution is 6.22. The summed E-state index contributed by atoms with van der Waals surface area (Å²) in [5.41, 5.74) is 2.94. The van der Waals surface area contributed by atoms with Gasteiger partial charge in [-0.15, -0.1) is 0 Å². The van der Waals surface area contributed by atoms with Gasteiger partial charge < -0.3 is 9.47 Å². The number of rotatable bonds is 4. The summed E-state index contributed by atoms with van der Waals surface area (Å²) in [6.07, 6.45) is 1.02. The molecular formula is C21H22N2O4. The predicted molar refractivity (Wildman–Crippen MR) is 101 cm³/mol. The molecule has 27 heavy (non-hydrogen) atoms. The average molecular weight is 366 g/mol. The standard InChI is InChI=1S/C21H22N2O4/c1-26-18-10-14-8-9-22(13-15(14)11-19(18)27-2)17-12-20(24)23(21(17)25)16-6-4-3-5-7-16/h3-7,10-11,17H,8-9,12-13H2,1-2H3. The summed E-state index contributed by atoms with van der Waals surface area (Å²) >= 11 is 0. The van der Waals surface area contributed by atoms with Gasteiger partial charge in [0.25, 0.3) is 5.91 Å². The van der Waals surface area contributed by atoms with Crippen LogP contribution in [-0.2, 0) is 22.6 Å². The van der Waals surface area contributed by atoms with Gasteiger partial charge in [0.1, 0.15) is 0 Å². The second-order valence-electron chi connectivity index (χ2n) is 6.82. The molecule has 0 aromatic heterocycles. The molecule has 2 aromatic rings. The Morgan fingerprint density at radius 3 is 2.30 bits per heavy atom. The zero-order valence-electron chi connectivity index (χ0n) is 15.5. The van der Waals surface area contributed by atoms with Gasteiger partial charge in [0.15, 0.2) is 11.5 Å². The minimum absolute atomic E-state index is 0.143. The number of fused-ring (bicyclic) bond motifs is 1. The number of nitrogens with zero attached hydrogens (tertiary/aromatic N) is 2. The van der Waals surface area contributed by atoms with Crippen LogP contribution in [0.15, 0.2) is 42.5 Å². The van der Waals surface area contributed by atoms with Crippen LogP contribution in [0.3, 0.4) is 0 Å². The molecule has 1 atom stereocenters. The number of carbonyl (C=O) groups excluding carboxylic acids is 2. The van der Waals surface area contributed by atoms with E-state index < -0.39 is 6.04 Å². The van der Waals surface area contributed by atoms with Gasteiger partial charge >= 0.3 is 0 Å². The Hall–Kier alpha value is -2.86. The zero-order valence-corrected chi connectivity index (χ0v) is 15.5. The molecule has 4 rings (SSSR count). The highest BCUT2D eigenvalue weighted by Gasteiger charge is 2.43. The van der Waals surface area contributed by atoms with E-state index in [1.807, 2.05) is 30.3 Å². The molecule has 1 fully saturated rings. The SMILES string of the molecule is COc1cc2c(cc1OC)CN(C1CC(=O)N(c3ccccc3)C1=O)CC2. The van der Waals surface area contributed by atoms with Gasteiger partial charge in [-0.25, -0.2) is 4.90 Å². The first kappa shape index (κ1) is 17.5. The molecular weight excluding hydrogens is 344 g/mol. The molecule has 0 radical (unpaired) electrons. The van der Waals surface area contributed by atoms with Crippen molar-refractivity contribution in [3.05, 3.63) is 53.6 Å². The number of ether oxygens (including phenoxy) is 2. The van der Waals surface area contributed by atoms with Crippen molar-refractivity contribution in [3.8, 4) is 11.5 Å². The Morgan fingerprint density at radius 1 is 0.963 bits per heavy atom. The summed E-state index contributed by atoms with van der Waals surface area (Å²) in [5, 5.41) is 0. The van der Waals surface area contributed by atoms with Crippen molar-refractivity contribution in [1.29, 1.82) is 0 Å². The fraction of sp³-hybridized carbons (Fsp3) is 0.333. The summed E-state index contributed by atoms with van der Waals surface area (Å²) < 4.78 is 10.8. The second-order valence-corrected chi connectivity index (χ2v) is 6.82. The lowest BCUT2D eigenvalue weighted by Gasteiger charge is -2.32. The van der Waals surface area contributed by atoms with Gasteiger partial charge in [-0.2, -0.15) is 0 Å². The fourth-order valence-corrected chi connectivity index (χ4v) is 3.92. The van der Waals surface area contributed by atoms with Crippen LogP contribution in [0.5, 0.6) is 11.5 Å². The second kappa shape index (κ2) is 7.04. The first-order valence-corrected chi connectivity index (χ1v) is 9.02. The molecule has 6 heteroatoms. The number of hydrogen-bond donors (Lipinski definition) is 0. The molecule has 0 spiro atoms. The summed E-state index contributed by atoms with van der Waals surface area (Å²) in [7, 11) is 3.24. The molecule has 0 bridgehead atoms. The van der Waals surface area contributed by atoms with Crippen LogP contribution in [0.2, 0.25) is 0 Å². The van der Waals surface area contributed by atoms with Crippen molar-refractivity contribution in [2.75, 3.05) is 25.7 Å². The van der Waals surface area contributed by atoms with E-state index in [2.05, 4.69) is 4.90 Å². The number of methoxy groups -OCH3 is 2. The minimum Gasteiger partial charge on any atom is -0.493 e. The smallest absolute Gasteiger partial charge is 0.251 e. The topological polar surface area (TPSA) is 59.1 Å². The lowest BCUT2D eigenvalue weighted by atomic mass is 9.97. The van der Waals surface area contributed by atoms with Gasteiger partial charge in [-0.1, -0.05) is 18.2 Å². The lowest BCUT2D eigenvalue weighted by molar-refractivity contribution is -0.123. The summed E-state index contributed by atoms with van der Waals surface area (Å²) in [6.45, 7) is 1.34. The Balaban J connectivity index is 1.57. The van der Waals surface area contributed by atoms with E-state index in [9.17, 15) is 9.59 Å². The van der Waals surface area contributed by atoms with Crippen LogP contribution >= 0.6 is 0 Å². The third kappa shape index (κ3) is 3.06. The molecule has 2 aliphatic heterocycles. The van der Waals surface area contributed by atoms with Gasteiger partial charge in [0.2, 0.25) is 5.91 Å². The lowest BCUT2D eigenvalue weighted by Crippen LogP contribution is -2.44. The largest absolute Gasteiger partial charge is 0.493 e. The quantitative estimate of drug-likeness (QED) is 0.778. The third-order valence-electron chi connectivity index (χ3n) is 5.33. The van der Waals surface area contributed by atoms with Crippen LogP contribution in [0.1, 0.15) is 17.5 Å². The molecule has 140 valence electrons. The summed E-state index contributed by atoms with van der Waals surface area (Å²) in [4.78, 5) is 28.9. The van der Waals surface area contributed by atoms with Gasteiger partial charge in [0.05, 0.1) is 32.4 Å². The molecule has 2 aliphatic rings. The first-order chi connectivity index (χ1) is 13.1. The number of carbonyl (C=O) groups is 2.